The van der Waals surface area contributed by atoms with Crippen molar-refractivity contribution in [2.24, 2.45) is 5.73 Å². The summed E-state index contributed by atoms with van der Waals surface area (Å²) >= 11 is 0. The van der Waals surface area contributed by atoms with E-state index in [-0.39, 0.29) is 12.5 Å². The van der Waals surface area contributed by atoms with E-state index in [0.29, 0.717) is 30.4 Å². The highest BCUT2D eigenvalue weighted by Crippen LogP contribution is 2.25. The molecule has 0 aliphatic rings. The second kappa shape index (κ2) is 7.66. The maximum Gasteiger partial charge on any atom is 0.254 e. The first-order chi connectivity index (χ1) is 10.6. The van der Waals surface area contributed by atoms with E-state index in [1.165, 1.54) is 6.26 Å². The predicted octanol–water partition coefficient (Wildman–Crippen LogP) is 2.67. The van der Waals surface area contributed by atoms with Crippen LogP contribution in [0.2, 0.25) is 0 Å². The highest BCUT2D eigenvalue weighted by molar-refractivity contribution is 5.93. The molecule has 0 aliphatic heterocycles. The van der Waals surface area contributed by atoms with Gasteiger partial charge in [0.2, 0.25) is 0 Å². The topological polar surface area (TPSA) is 77.5 Å². The fourth-order valence-electron chi connectivity index (χ4n) is 2.12. The van der Waals surface area contributed by atoms with Crippen molar-refractivity contribution in [2.75, 3.05) is 13.2 Å². The summed E-state index contributed by atoms with van der Waals surface area (Å²) < 4.78 is 10.9. The molecule has 0 fully saturated rings. The molecule has 5 nitrogen and oxygen atoms in total. The number of hydrogen-bond donors (Lipinski definition) is 2. The van der Waals surface area contributed by atoms with Crippen LogP contribution in [0.15, 0.2) is 41.0 Å². The molecule has 1 amide bonds. The molecule has 22 heavy (non-hydrogen) atoms. The Balaban J connectivity index is 1.81. The number of carbonyl (C=O) groups excluding carboxylic acids is 1. The van der Waals surface area contributed by atoms with Gasteiger partial charge in [0.25, 0.3) is 5.91 Å². The van der Waals surface area contributed by atoms with Crippen LogP contribution < -0.4 is 15.8 Å². The Hall–Kier alpha value is -2.27. The third-order valence-corrected chi connectivity index (χ3v) is 3.30. The molecule has 0 saturated heterocycles. The van der Waals surface area contributed by atoms with E-state index in [9.17, 15) is 4.79 Å². The van der Waals surface area contributed by atoms with E-state index >= 15 is 0 Å². The van der Waals surface area contributed by atoms with Gasteiger partial charge in [-0.1, -0.05) is 32.0 Å². The summed E-state index contributed by atoms with van der Waals surface area (Å²) in [6.45, 7) is 5.36. The summed E-state index contributed by atoms with van der Waals surface area (Å²) in [4.78, 5) is 11.9. The zero-order valence-electron chi connectivity index (χ0n) is 13.0. The van der Waals surface area contributed by atoms with E-state index in [0.717, 1.165) is 11.3 Å². The number of furan rings is 1. The lowest BCUT2D eigenvalue weighted by molar-refractivity contribution is 0.0946. The van der Waals surface area contributed by atoms with Crippen molar-refractivity contribution in [2.45, 2.75) is 26.3 Å². The van der Waals surface area contributed by atoms with Crippen molar-refractivity contribution < 1.29 is 13.9 Å². The number of para-hydroxylation sites is 1. The molecule has 1 aromatic carbocycles. The SMILES string of the molecule is CC(C)c1ccccc1OCCNC(=O)c1coc(CN)c1. The maximum atomic E-state index is 11.9. The number of rotatable bonds is 7. The molecule has 118 valence electrons. The van der Waals surface area contributed by atoms with Gasteiger partial charge >= 0.3 is 0 Å². The Morgan fingerprint density at radius 1 is 1.36 bits per heavy atom. The van der Waals surface area contributed by atoms with Gasteiger partial charge in [-0.25, -0.2) is 0 Å². The molecule has 2 rings (SSSR count). The number of benzene rings is 1. The highest BCUT2D eigenvalue weighted by Gasteiger charge is 2.10. The molecule has 2 aromatic rings. The Bertz CT molecular complexity index is 620. The summed E-state index contributed by atoms with van der Waals surface area (Å²) in [5.74, 6) is 1.66. The van der Waals surface area contributed by atoms with Crippen LogP contribution >= 0.6 is 0 Å². The molecular weight excluding hydrogens is 280 g/mol. The van der Waals surface area contributed by atoms with Gasteiger partial charge in [-0.3, -0.25) is 4.79 Å². The van der Waals surface area contributed by atoms with E-state index < -0.39 is 0 Å². The average molecular weight is 302 g/mol. The van der Waals surface area contributed by atoms with E-state index in [1.54, 1.807) is 6.07 Å². The first-order valence-corrected chi connectivity index (χ1v) is 7.39. The molecule has 0 bridgehead atoms. The minimum Gasteiger partial charge on any atom is -0.491 e. The average Bonchev–Trinajstić information content (AvgIpc) is 3.00. The zero-order chi connectivity index (χ0) is 15.9. The molecule has 3 N–H and O–H groups in total. The van der Waals surface area contributed by atoms with Crippen LogP contribution in [0.4, 0.5) is 0 Å². The van der Waals surface area contributed by atoms with Gasteiger partial charge in [-0.05, 0) is 23.6 Å². The van der Waals surface area contributed by atoms with E-state index in [1.807, 2.05) is 18.2 Å². The number of nitrogens with one attached hydrogen (secondary N) is 1. The number of amides is 1. The largest absolute Gasteiger partial charge is 0.491 e. The number of nitrogens with two attached hydrogens (primary N) is 1. The van der Waals surface area contributed by atoms with Crippen molar-refractivity contribution >= 4 is 5.91 Å². The third-order valence-electron chi connectivity index (χ3n) is 3.30. The van der Waals surface area contributed by atoms with Gasteiger partial charge in [0.1, 0.15) is 24.4 Å². The molecule has 0 atom stereocenters. The number of hydrogen-bond acceptors (Lipinski definition) is 4. The van der Waals surface area contributed by atoms with Crippen LogP contribution in [-0.4, -0.2) is 19.1 Å². The van der Waals surface area contributed by atoms with Crippen molar-refractivity contribution in [3.63, 3.8) is 0 Å². The standard InChI is InChI=1S/C17H22N2O3/c1-12(2)15-5-3-4-6-16(15)21-8-7-19-17(20)13-9-14(10-18)22-11-13/h3-6,9,11-12H,7-8,10,18H2,1-2H3,(H,19,20). The first-order valence-electron chi connectivity index (χ1n) is 7.39. The van der Waals surface area contributed by atoms with E-state index in [2.05, 4.69) is 25.2 Å². The summed E-state index contributed by atoms with van der Waals surface area (Å²) in [6, 6.07) is 9.58. The Labute approximate surface area is 130 Å². The summed E-state index contributed by atoms with van der Waals surface area (Å²) in [5, 5.41) is 2.79. The fourth-order valence-corrected chi connectivity index (χ4v) is 2.12. The summed E-state index contributed by atoms with van der Waals surface area (Å²) in [5.41, 5.74) is 7.08. The van der Waals surface area contributed by atoms with Crippen molar-refractivity contribution in [1.29, 1.82) is 0 Å². The van der Waals surface area contributed by atoms with Gasteiger partial charge < -0.3 is 20.2 Å². The van der Waals surface area contributed by atoms with Crippen LogP contribution in [0.25, 0.3) is 0 Å². The lowest BCUT2D eigenvalue weighted by Crippen LogP contribution is -2.27. The molecule has 0 saturated carbocycles. The molecule has 1 aromatic heterocycles. The minimum absolute atomic E-state index is 0.191. The van der Waals surface area contributed by atoms with Gasteiger partial charge in [0, 0.05) is 0 Å². The van der Waals surface area contributed by atoms with Crippen molar-refractivity contribution in [3.05, 3.63) is 53.5 Å². The number of ether oxygens (including phenoxy) is 1. The van der Waals surface area contributed by atoms with Crippen LogP contribution in [-0.2, 0) is 6.54 Å². The molecule has 0 radical (unpaired) electrons. The van der Waals surface area contributed by atoms with Crippen LogP contribution in [0.1, 0.15) is 41.4 Å². The Morgan fingerprint density at radius 3 is 2.82 bits per heavy atom. The van der Waals surface area contributed by atoms with Gasteiger partial charge in [-0.15, -0.1) is 0 Å². The predicted molar refractivity (Wildman–Crippen MR) is 85.0 cm³/mol. The lowest BCUT2D eigenvalue weighted by Gasteiger charge is -2.13. The second-order valence-corrected chi connectivity index (χ2v) is 5.30. The monoisotopic (exact) mass is 302 g/mol. The molecule has 5 heteroatoms. The van der Waals surface area contributed by atoms with Gasteiger partial charge in [-0.2, -0.15) is 0 Å². The van der Waals surface area contributed by atoms with Crippen LogP contribution in [0, 0.1) is 0 Å². The first kappa shape index (κ1) is 16.1. The zero-order valence-corrected chi connectivity index (χ0v) is 13.0. The highest BCUT2D eigenvalue weighted by atomic mass is 16.5. The van der Waals surface area contributed by atoms with Crippen molar-refractivity contribution in [3.8, 4) is 5.75 Å². The van der Waals surface area contributed by atoms with Crippen LogP contribution in [0.5, 0.6) is 5.75 Å². The fraction of sp³-hybridized carbons (Fsp3) is 0.353. The Kier molecular flexibility index (Phi) is 5.61. The smallest absolute Gasteiger partial charge is 0.254 e. The molecule has 0 aliphatic carbocycles. The quantitative estimate of drug-likeness (QED) is 0.771. The van der Waals surface area contributed by atoms with Crippen LogP contribution in [0.3, 0.4) is 0 Å². The maximum absolute atomic E-state index is 11.9. The molecule has 1 heterocycles. The molecule has 0 unspecified atom stereocenters. The minimum atomic E-state index is -0.191. The van der Waals surface area contributed by atoms with E-state index in [4.69, 9.17) is 14.9 Å². The molecule has 0 spiro atoms. The lowest BCUT2D eigenvalue weighted by atomic mass is 10.0. The summed E-state index contributed by atoms with van der Waals surface area (Å²) in [7, 11) is 0. The van der Waals surface area contributed by atoms with Crippen molar-refractivity contribution in [1.82, 2.24) is 5.32 Å². The molecular formula is C17H22N2O3. The van der Waals surface area contributed by atoms with Gasteiger partial charge in [0.05, 0.1) is 18.7 Å². The number of carbonyl (C=O) groups is 1. The third kappa shape index (κ3) is 4.11. The normalized spacial score (nSPS) is 10.7. The Morgan fingerprint density at radius 2 is 2.14 bits per heavy atom. The van der Waals surface area contributed by atoms with Gasteiger partial charge in [0.15, 0.2) is 0 Å². The second-order valence-electron chi connectivity index (χ2n) is 5.30. The summed E-state index contributed by atoms with van der Waals surface area (Å²) in [6.07, 6.45) is 1.41.